The number of hydrogen-bond acceptors (Lipinski definition) is 2. The van der Waals surface area contributed by atoms with Gasteiger partial charge in [-0.25, -0.2) is 0 Å². The van der Waals surface area contributed by atoms with E-state index >= 15 is 0 Å². The molecule has 2 aromatic carbocycles. The highest BCUT2D eigenvalue weighted by molar-refractivity contribution is 6.33. The third kappa shape index (κ3) is 4.16. The monoisotopic (exact) mass is 391 g/mol. The first-order valence-corrected chi connectivity index (χ1v) is 9.80. The summed E-state index contributed by atoms with van der Waals surface area (Å²) >= 11 is 12.5. The first-order valence-electron chi connectivity index (χ1n) is 9.05. The lowest BCUT2D eigenvalue weighted by Crippen LogP contribution is -2.36. The number of hydrogen-bond donors (Lipinski definition) is 2. The molecule has 0 radical (unpaired) electrons. The summed E-state index contributed by atoms with van der Waals surface area (Å²) < 4.78 is 0. The van der Waals surface area contributed by atoms with E-state index < -0.39 is 0 Å². The fourth-order valence-electron chi connectivity index (χ4n) is 3.56. The number of phenolic OH excluding ortho intramolecular Hbond substituents is 1. The minimum Gasteiger partial charge on any atom is -0.506 e. The van der Waals surface area contributed by atoms with E-state index in [-0.39, 0.29) is 34.2 Å². The van der Waals surface area contributed by atoms with Crippen molar-refractivity contribution in [2.24, 2.45) is 0 Å². The summed E-state index contributed by atoms with van der Waals surface area (Å²) in [5.41, 5.74) is 2.02. The number of carbonyl (C=O) groups is 1. The Kier molecular flexibility index (Phi) is 6.10. The standard InChI is InChI=1S/C21H23Cl2NO2/c1-13(16-9-5-6-10-18(16)22)14-11-17(20(25)19(23)12-14)21(26)24-15-7-3-2-4-8-15/h5-6,9-13,15,25H,2-4,7-8H2,1H3,(H,24,26). The van der Waals surface area contributed by atoms with Crippen LogP contribution in [0.1, 0.15) is 66.4 Å². The van der Waals surface area contributed by atoms with Crippen LogP contribution >= 0.6 is 23.2 Å². The molecule has 1 aliphatic carbocycles. The molecule has 3 rings (SSSR count). The maximum absolute atomic E-state index is 12.7. The number of amides is 1. The molecule has 0 spiro atoms. The van der Waals surface area contributed by atoms with Crippen LogP contribution in [0.2, 0.25) is 10.0 Å². The minimum absolute atomic E-state index is 0.0527. The lowest BCUT2D eigenvalue weighted by molar-refractivity contribution is 0.0925. The number of nitrogens with one attached hydrogen (secondary N) is 1. The number of halogens is 2. The van der Waals surface area contributed by atoms with E-state index in [1.54, 1.807) is 12.1 Å². The largest absolute Gasteiger partial charge is 0.506 e. The molecule has 1 unspecified atom stereocenters. The van der Waals surface area contributed by atoms with Crippen molar-refractivity contribution in [3.8, 4) is 5.75 Å². The summed E-state index contributed by atoms with van der Waals surface area (Å²) in [7, 11) is 0. The molecular weight excluding hydrogens is 369 g/mol. The van der Waals surface area contributed by atoms with Crippen LogP contribution in [-0.2, 0) is 0 Å². The summed E-state index contributed by atoms with van der Waals surface area (Å²) in [6.07, 6.45) is 5.43. The number of aromatic hydroxyl groups is 1. The SMILES string of the molecule is CC(c1cc(Cl)c(O)c(C(=O)NC2CCCCC2)c1)c1ccccc1Cl. The van der Waals surface area contributed by atoms with Gasteiger partial charge in [-0.3, -0.25) is 4.79 Å². The van der Waals surface area contributed by atoms with Crippen LogP contribution in [-0.4, -0.2) is 17.1 Å². The fraction of sp³-hybridized carbons (Fsp3) is 0.381. The molecule has 2 aromatic rings. The lowest BCUT2D eigenvalue weighted by Gasteiger charge is -2.23. The summed E-state index contributed by atoms with van der Waals surface area (Å²) in [5.74, 6) is -0.498. The van der Waals surface area contributed by atoms with Crippen LogP contribution in [0.15, 0.2) is 36.4 Å². The molecule has 0 aromatic heterocycles. The van der Waals surface area contributed by atoms with Crippen LogP contribution in [0.3, 0.4) is 0 Å². The van der Waals surface area contributed by atoms with E-state index in [0.29, 0.717) is 5.02 Å². The van der Waals surface area contributed by atoms with Gasteiger partial charge in [0.05, 0.1) is 10.6 Å². The van der Waals surface area contributed by atoms with E-state index in [1.165, 1.54) is 6.42 Å². The van der Waals surface area contributed by atoms with Crippen molar-refractivity contribution in [2.45, 2.75) is 51.0 Å². The first kappa shape index (κ1) is 19.1. The van der Waals surface area contributed by atoms with Crippen molar-refractivity contribution in [3.63, 3.8) is 0 Å². The summed E-state index contributed by atoms with van der Waals surface area (Å²) in [6.45, 7) is 2.01. The Hall–Kier alpha value is -1.71. The normalized spacial score (nSPS) is 16.3. The molecule has 0 heterocycles. The predicted octanol–water partition coefficient (Wildman–Crippen LogP) is 5.91. The van der Waals surface area contributed by atoms with Gasteiger partial charge < -0.3 is 10.4 Å². The number of phenols is 1. The Balaban J connectivity index is 1.89. The Bertz CT molecular complexity index is 801. The zero-order valence-corrected chi connectivity index (χ0v) is 16.3. The third-order valence-corrected chi connectivity index (χ3v) is 5.77. The molecular formula is C21H23Cl2NO2. The van der Waals surface area contributed by atoms with Crippen molar-refractivity contribution < 1.29 is 9.90 Å². The number of rotatable bonds is 4. The summed E-state index contributed by atoms with van der Waals surface area (Å²) in [5, 5.41) is 14.2. The second kappa shape index (κ2) is 8.32. The average Bonchev–Trinajstić information content (AvgIpc) is 2.64. The van der Waals surface area contributed by atoms with E-state index in [2.05, 4.69) is 5.32 Å². The Morgan fingerprint density at radius 2 is 1.81 bits per heavy atom. The zero-order valence-electron chi connectivity index (χ0n) is 14.8. The van der Waals surface area contributed by atoms with Crippen LogP contribution in [0.4, 0.5) is 0 Å². The second-order valence-electron chi connectivity index (χ2n) is 6.95. The average molecular weight is 392 g/mol. The Labute approximate surface area is 164 Å². The van der Waals surface area contributed by atoms with E-state index in [1.807, 2.05) is 31.2 Å². The van der Waals surface area contributed by atoms with E-state index in [9.17, 15) is 9.90 Å². The molecule has 0 aliphatic heterocycles. The lowest BCUT2D eigenvalue weighted by atomic mass is 9.91. The fourth-order valence-corrected chi connectivity index (χ4v) is 4.09. The van der Waals surface area contributed by atoms with Crippen LogP contribution in [0, 0.1) is 0 Å². The van der Waals surface area contributed by atoms with Gasteiger partial charge in [-0.1, -0.05) is 67.6 Å². The van der Waals surface area contributed by atoms with E-state index in [4.69, 9.17) is 23.2 Å². The maximum Gasteiger partial charge on any atom is 0.255 e. The van der Waals surface area contributed by atoms with Gasteiger partial charge in [0.15, 0.2) is 0 Å². The van der Waals surface area contributed by atoms with Crippen molar-refractivity contribution in [1.29, 1.82) is 0 Å². The zero-order chi connectivity index (χ0) is 18.7. The number of benzene rings is 2. The van der Waals surface area contributed by atoms with Crippen molar-refractivity contribution in [2.75, 3.05) is 0 Å². The Morgan fingerprint density at radius 3 is 2.50 bits per heavy atom. The van der Waals surface area contributed by atoms with Crippen LogP contribution in [0.5, 0.6) is 5.75 Å². The van der Waals surface area contributed by atoms with Crippen molar-refractivity contribution >= 4 is 29.1 Å². The molecule has 1 saturated carbocycles. The molecule has 0 bridgehead atoms. The molecule has 5 heteroatoms. The van der Waals surface area contributed by atoms with E-state index in [0.717, 1.165) is 36.8 Å². The van der Waals surface area contributed by atoms with Gasteiger partial charge in [0.1, 0.15) is 5.75 Å². The van der Waals surface area contributed by atoms with Gasteiger partial charge in [-0.15, -0.1) is 0 Å². The van der Waals surface area contributed by atoms with Gasteiger partial charge in [0.2, 0.25) is 0 Å². The highest BCUT2D eigenvalue weighted by Crippen LogP contribution is 2.36. The van der Waals surface area contributed by atoms with Gasteiger partial charge in [-0.05, 0) is 42.2 Å². The Morgan fingerprint density at radius 1 is 1.12 bits per heavy atom. The molecule has 1 fully saturated rings. The highest BCUT2D eigenvalue weighted by atomic mass is 35.5. The molecule has 3 nitrogen and oxygen atoms in total. The van der Waals surface area contributed by atoms with Gasteiger partial charge in [-0.2, -0.15) is 0 Å². The minimum atomic E-state index is -0.274. The molecule has 1 aliphatic rings. The van der Waals surface area contributed by atoms with Crippen LogP contribution < -0.4 is 5.32 Å². The van der Waals surface area contributed by atoms with Crippen LogP contribution in [0.25, 0.3) is 0 Å². The van der Waals surface area contributed by atoms with Gasteiger partial charge >= 0.3 is 0 Å². The smallest absolute Gasteiger partial charge is 0.255 e. The molecule has 138 valence electrons. The topological polar surface area (TPSA) is 49.3 Å². The first-order chi connectivity index (χ1) is 12.5. The second-order valence-corrected chi connectivity index (χ2v) is 7.76. The molecule has 0 saturated heterocycles. The third-order valence-electron chi connectivity index (χ3n) is 5.14. The highest BCUT2D eigenvalue weighted by Gasteiger charge is 2.22. The predicted molar refractivity (Wildman–Crippen MR) is 106 cm³/mol. The summed E-state index contributed by atoms with van der Waals surface area (Å²) in [6, 6.07) is 11.2. The van der Waals surface area contributed by atoms with Crippen molar-refractivity contribution in [3.05, 3.63) is 63.1 Å². The maximum atomic E-state index is 12.7. The van der Waals surface area contributed by atoms with Gasteiger partial charge in [0.25, 0.3) is 5.91 Å². The molecule has 26 heavy (non-hydrogen) atoms. The molecule has 1 amide bonds. The quantitative estimate of drug-likeness (QED) is 0.679. The number of carbonyl (C=O) groups excluding carboxylic acids is 1. The molecule has 1 atom stereocenters. The summed E-state index contributed by atoms with van der Waals surface area (Å²) in [4.78, 5) is 12.7. The van der Waals surface area contributed by atoms with Gasteiger partial charge in [0, 0.05) is 17.0 Å². The molecule has 2 N–H and O–H groups in total. The van der Waals surface area contributed by atoms with Crippen molar-refractivity contribution in [1.82, 2.24) is 5.32 Å².